The first-order valence-corrected chi connectivity index (χ1v) is 11.5. The molecule has 3 nitrogen and oxygen atoms in total. The Morgan fingerprint density at radius 2 is 1.63 bits per heavy atom. The van der Waals surface area contributed by atoms with Gasteiger partial charge in [0, 0.05) is 22.4 Å². The monoisotopic (exact) mass is 457 g/mol. The van der Waals surface area contributed by atoms with E-state index in [1.165, 1.54) is 6.20 Å². The third kappa shape index (κ3) is 3.28. The van der Waals surface area contributed by atoms with Gasteiger partial charge < -0.3 is 4.42 Å². The van der Waals surface area contributed by atoms with E-state index in [9.17, 15) is 9.65 Å². The van der Waals surface area contributed by atoms with Crippen LogP contribution in [0.5, 0.6) is 0 Å². The molecule has 35 heavy (non-hydrogen) atoms. The predicted molar refractivity (Wildman–Crippen MR) is 137 cm³/mol. The minimum absolute atomic E-state index is 0.247. The van der Waals surface area contributed by atoms with Crippen molar-refractivity contribution in [3.63, 3.8) is 0 Å². The van der Waals surface area contributed by atoms with Crippen molar-refractivity contribution >= 4 is 32.7 Å². The Bertz CT molecular complexity index is 1860. The van der Waals surface area contributed by atoms with E-state index in [0.29, 0.717) is 11.1 Å². The van der Waals surface area contributed by atoms with Crippen LogP contribution in [0.2, 0.25) is 0 Å². The van der Waals surface area contributed by atoms with Gasteiger partial charge in [0.05, 0.1) is 17.2 Å². The lowest BCUT2D eigenvalue weighted by Gasteiger charge is -2.07. The number of hydrogen-bond donors (Lipinski definition) is 0. The van der Waals surface area contributed by atoms with Crippen LogP contribution in [-0.2, 0) is 7.05 Å². The first kappa shape index (κ1) is 21.1. The van der Waals surface area contributed by atoms with Crippen molar-refractivity contribution < 1.29 is 13.4 Å². The molecular formula is C31H22FN2O+. The Kier molecular flexibility index (Phi) is 4.69. The van der Waals surface area contributed by atoms with Gasteiger partial charge in [-0.05, 0) is 59.5 Å². The van der Waals surface area contributed by atoms with Crippen LogP contribution < -0.4 is 4.57 Å². The summed E-state index contributed by atoms with van der Waals surface area (Å²) in [7, 11) is 1.84. The maximum absolute atomic E-state index is 14.2. The first-order valence-electron chi connectivity index (χ1n) is 11.5. The molecule has 0 saturated carbocycles. The van der Waals surface area contributed by atoms with E-state index in [1.807, 2.05) is 50.4 Å². The SMILES string of the molecule is Cc1cc(-c2c(C)ccc3c2oc2c(-c4ccc5ccccc5c4)cc(C#N)cc23)[n+](C)cc1F. The summed E-state index contributed by atoms with van der Waals surface area (Å²) in [5.41, 5.74) is 7.33. The molecule has 2 aromatic heterocycles. The van der Waals surface area contributed by atoms with E-state index in [4.69, 9.17) is 4.42 Å². The molecule has 0 fully saturated rings. The molecule has 0 atom stereocenters. The highest BCUT2D eigenvalue weighted by atomic mass is 19.1. The lowest BCUT2D eigenvalue weighted by atomic mass is 9.96. The zero-order chi connectivity index (χ0) is 24.3. The van der Waals surface area contributed by atoms with Crippen LogP contribution in [0.25, 0.3) is 55.1 Å². The number of halogens is 1. The van der Waals surface area contributed by atoms with Crippen LogP contribution in [0.4, 0.5) is 4.39 Å². The summed E-state index contributed by atoms with van der Waals surface area (Å²) in [5.74, 6) is -0.247. The summed E-state index contributed by atoms with van der Waals surface area (Å²) in [4.78, 5) is 0. The molecule has 2 heterocycles. The largest absolute Gasteiger partial charge is 0.454 e. The number of aryl methyl sites for hydroxylation is 3. The van der Waals surface area contributed by atoms with Crippen LogP contribution in [0.3, 0.4) is 0 Å². The highest BCUT2D eigenvalue weighted by molar-refractivity contribution is 6.14. The van der Waals surface area contributed by atoms with Crippen LogP contribution >= 0.6 is 0 Å². The lowest BCUT2D eigenvalue weighted by molar-refractivity contribution is -0.662. The molecule has 0 amide bonds. The second-order valence-electron chi connectivity index (χ2n) is 9.11. The fraction of sp³-hybridized carbons (Fsp3) is 0.0968. The molecule has 4 heteroatoms. The molecule has 4 aromatic carbocycles. The van der Waals surface area contributed by atoms with Gasteiger partial charge in [0.2, 0.25) is 11.9 Å². The van der Waals surface area contributed by atoms with Crippen LogP contribution in [-0.4, -0.2) is 0 Å². The van der Waals surface area contributed by atoms with Crippen molar-refractivity contribution in [1.82, 2.24) is 0 Å². The molecule has 0 aliphatic heterocycles. The van der Waals surface area contributed by atoms with E-state index in [0.717, 1.165) is 60.7 Å². The Morgan fingerprint density at radius 3 is 2.43 bits per heavy atom. The Labute approximate surface area is 202 Å². The molecule has 0 aliphatic rings. The highest BCUT2D eigenvalue weighted by Gasteiger charge is 2.23. The summed E-state index contributed by atoms with van der Waals surface area (Å²) in [6, 6.07) is 26.6. The van der Waals surface area contributed by atoms with Gasteiger partial charge in [-0.1, -0.05) is 48.5 Å². The summed E-state index contributed by atoms with van der Waals surface area (Å²) >= 11 is 0. The fourth-order valence-corrected chi connectivity index (χ4v) is 4.96. The number of benzene rings is 4. The smallest absolute Gasteiger partial charge is 0.216 e. The number of pyridine rings is 1. The van der Waals surface area contributed by atoms with Gasteiger partial charge in [0.25, 0.3) is 0 Å². The van der Waals surface area contributed by atoms with Gasteiger partial charge in [-0.2, -0.15) is 9.83 Å². The average molecular weight is 458 g/mol. The zero-order valence-electron chi connectivity index (χ0n) is 19.7. The van der Waals surface area contributed by atoms with Crippen LogP contribution in [0.1, 0.15) is 16.7 Å². The lowest BCUT2D eigenvalue weighted by Crippen LogP contribution is -2.31. The summed E-state index contributed by atoms with van der Waals surface area (Å²) in [6.07, 6.45) is 1.50. The van der Waals surface area contributed by atoms with Crippen molar-refractivity contribution in [2.75, 3.05) is 0 Å². The van der Waals surface area contributed by atoms with Crippen molar-refractivity contribution in [2.24, 2.45) is 7.05 Å². The molecule has 6 aromatic rings. The van der Waals surface area contributed by atoms with E-state index >= 15 is 0 Å². The van der Waals surface area contributed by atoms with Crippen molar-refractivity contribution in [3.8, 4) is 28.5 Å². The fourth-order valence-electron chi connectivity index (χ4n) is 4.96. The Hall–Kier alpha value is -4.49. The van der Waals surface area contributed by atoms with Crippen molar-refractivity contribution in [1.29, 1.82) is 5.26 Å². The second-order valence-corrected chi connectivity index (χ2v) is 9.11. The highest BCUT2D eigenvalue weighted by Crippen LogP contribution is 2.41. The van der Waals surface area contributed by atoms with Gasteiger partial charge in [-0.15, -0.1) is 0 Å². The summed E-state index contributed by atoms with van der Waals surface area (Å²) < 4.78 is 22.6. The molecule has 0 spiro atoms. The van der Waals surface area contributed by atoms with Gasteiger partial charge in [-0.25, -0.2) is 4.39 Å². The molecule has 0 aliphatic carbocycles. The zero-order valence-corrected chi connectivity index (χ0v) is 19.7. The van der Waals surface area contributed by atoms with Gasteiger partial charge in [-0.3, -0.25) is 0 Å². The molecule has 0 radical (unpaired) electrons. The first-order chi connectivity index (χ1) is 16.9. The normalized spacial score (nSPS) is 11.4. The van der Waals surface area contributed by atoms with Crippen molar-refractivity contribution in [3.05, 3.63) is 102 Å². The summed E-state index contributed by atoms with van der Waals surface area (Å²) in [5, 5.41) is 13.9. The number of rotatable bonds is 2. The molecule has 0 unspecified atom stereocenters. The average Bonchev–Trinajstić information content (AvgIpc) is 3.24. The van der Waals surface area contributed by atoms with Crippen LogP contribution in [0, 0.1) is 31.0 Å². The molecule has 6 rings (SSSR count). The van der Waals surface area contributed by atoms with Gasteiger partial charge >= 0.3 is 0 Å². The molecule has 0 bridgehead atoms. The maximum atomic E-state index is 14.2. The van der Waals surface area contributed by atoms with Crippen LogP contribution in [0.15, 0.2) is 83.4 Å². The minimum atomic E-state index is -0.247. The van der Waals surface area contributed by atoms with E-state index in [2.05, 4.69) is 42.5 Å². The molecule has 0 saturated heterocycles. The minimum Gasteiger partial charge on any atom is -0.454 e. The second kappa shape index (κ2) is 7.78. The molecular weight excluding hydrogens is 435 g/mol. The van der Waals surface area contributed by atoms with E-state index in [-0.39, 0.29) is 5.82 Å². The number of hydrogen-bond acceptors (Lipinski definition) is 2. The number of nitriles is 1. The Balaban J connectivity index is 1.71. The molecule has 0 N–H and O–H groups in total. The quantitative estimate of drug-likeness (QED) is 0.252. The number of nitrogens with zero attached hydrogens (tertiary/aromatic N) is 2. The van der Waals surface area contributed by atoms with Gasteiger partial charge in [0.1, 0.15) is 18.2 Å². The third-order valence-corrected chi connectivity index (χ3v) is 6.81. The topological polar surface area (TPSA) is 40.8 Å². The number of aromatic nitrogens is 1. The van der Waals surface area contributed by atoms with E-state index in [1.54, 1.807) is 11.5 Å². The van der Waals surface area contributed by atoms with Crippen molar-refractivity contribution in [2.45, 2.75) is 13.8 Å². The standard InChI is InChI=1S/C31H22FN2O/c1-18-8-11-24-26-14-20(16-33)13-25(23-10-9-21-6-4-5-7-22(21)15-23)30(26)35-31(24)29(18)28-12-19(2)27(32)17-34(28)3/h4-15,17H,1-3H3/q+1. The van der Waals surface area contributed by atoms with Gasteiger partial charge in [0.15, 0.2) is 5.82 Å². The molecule has 168 valence electrons. The number of fused-ring (bicyclic) bond motifs is 4. The van der Waals surface area contributed by atoms with E-state index < -0.39 is 0 Å². The maximum Gasteiger partial charge on any atom is 0.216 e. The Morgan fingerprint density at radius 1 is 0.829 bits per heavy atom. The summed E-state index contributed by atoms with van der Waals surface area (Å²) in [6.45, 7) is 3.80. The predicted octanol–water partition coefficient (Wildman–Crippen LogP) is 7.53. The third-order valence-electron chi connectivity index (χ3n) is 6.81. The number of furan rings is 1.